The van der Waals surface area contributed by atoms with Crippen LogP contribution in [-0.2, 0) is 0 Å². The SMILES string of the molecule is [B+2]c1ccc(C2CC(CC)C2)cc1.[OH-].[OH-]. The van der Waals surface area contributed by atoms with E-state index >= 15 is 0 Å². The maximum atomic E-state index is 5.64. The zero-order chi connectivity index (χ0) is 9.26. The van der Waals surface area contributed by atoms with Crippen molar-refractivity contribution in [2.45, 2.75) is 32.1 Å². The molecule has 1 saturated carbocycles. The Morgan fingerprint density at radius 2 is 1.67 bits per heavy atom. The van der Waals surface area contributed by atoms with Crippen LogP contribution in [0.25, 0.3) is 0 Å². The van der Waals surface area contributed by atoms with Crippen LogP contribution >= 0.6 is 0 Å². The second kappa shape index (κ2) is 5.94. The molecule has 0 aromatic heterocycles. The molecule has 1 aliphatic carbocycles. The summed E-state index contributed by atoms with van der Waals surface area (Å²) in [6.45, 7) is 2.28. The van der Waals surface area contributed by atoms with Crippen molar-refractivity contribution >= 4 is 13.3 Å². The van der Waals surface area contributed by atoms with Crippen LogP contribution in [0.4, 0.5) is 0 Å². The van der Waals surface area contributed by atoms with Crippen molar-refractivity contribution in [3.8, 4) is 0 Å². The van der Waals surface area contributed by atoms with Crippen molar-refractivity contribution in [3.05, 3.63) is 29.8 Å². The molecule has 1 aromatic rings. The smallest absolute Gasteiger partial charge is 0.870 e. The summed E-state index contributed by atoms with van der Waals surface area (Å²) < 4.78 is 0. The fourth-order valence-electron chi connectivity index (χ4n) is 2.11. The summed E-state index contributed by atoms with van der Waals surface area (Å²) in [6, 6.07) is 8.36. The van der Waals surface area contributed by atoms with E-state index in [1.54, 1.807) is 0 Å². The molecule has 2 nitrogen and oxygen atoms in total. The zero-order valence-corrected chi connectivity index (χ0v) is 9.06. The molecule has 1 fully saturated rings. The molecule has 0 heterocycles. The number of hydrogen-bond donors (Lipinski definition) is 0. The molecule has 0 amide bonds. The van der Waals surface area contributed by atoms with E-state index in [9.17, 15) is 0 Å². The first kappa shape index (κ1) is 14.2. The normalized spacial score (nSPS) is 23.4. The van der Waals surface area contributed by atoms with Gasteiger partial charge < -0.3 is 11.0 Å². The fourth-order valence-corrected chi connectivity index (χ4v) is 2.11. The van der Waals surface area contributed by atoms with Gasteiger partial charge in [-0.2, -0.15) is 0 Å². The van der Waals surface area contributed by atoms with E-state index in [2.05, 4.69) is 19.1 Å². The Morgan fingerprint density at radius 3 is 2.13 bits per heavy atom. The molecule has 0 saturated heterocycles. The van der Waals surface area contributed by atoms with Crippen LogP contribution in [0.15, 0.2) is 24.3 Å². The Morgan fingerprint density at radius 1 is 1.13 bits per heavy atom. The molecule has 0 atom stereocenters. The molecule has 0 bridgehead atoms. The van der Waals surface area contributed by atoms with E-state index in [-0.39, 0.29) is 11.0 Å². The first-order chi connectivity index (χ1) is 6.29. The van der Waals surface area contributed by atoms with Crippen LogP contribution < -0.4 is 5.46 Å². The maximum Gasteiger partial charge on any atom is -0.870 e. The number of rotatable bonds is 2. The minimum absolute atomic E-state index is 0. The van der Waals surface area contributed by atoms with Gasteiger partial charge in [0.2, 0.25) is 0 Å². The van der Waals surface area contributed by atoms with E-state index in [1.165, 1.54) is 24.8 Å². The Kier molecular flexibility index (Phi) is 5.62. The van der Waals surface area contributed by atoms with Gasteiger partial charge in [-0.15, -0.1) is 0 Å². The van der Waals surface area contributed by atoms with Gasteiger partial charge in [-0.3, -0.25) is 0 Å². The van der Waals surface area contributed by atoms with Gasteiger partial charge in [0.05, 0.1) is 0 Å². The van der Waals surface area contributed by atoms with E-state index in [0.717, 1.165) is 17.3 Å². The molecular weight excluding hydrogens is 187 g/mol. The first-order valence-electron chi connectivity index (χ1n) is 5.15. The van der Waals surface area contributed by atoms with Gasteiger partial charge in [-0.1, -0.05) is 0 Å². The van der Waals surface area contributed by atoms with Gasteiger partial charge in [0.1, 0.15) is 0 Å². The average Bonchev–Trinajstić information content (AvgIpc) is 2.06. The summed E-state index contributed by atoms with van der Waals surface area (Å²) in [5.41, 5.74) is 2.34. The van der Waals surface area contributed by atoms with Crippen LogP contribution in [0.3, 0.4) is 0 Å². The van der Waals surface area contributed by atoms with Crippen molar-refractivity contribution in [2.75, 3.05) is 0 Å². The molecule has 80 valence electrons. The van der Waals surface area contributed by atoms with Crippen LogP contribution in [0.2, 0.25) is 0 Å². The summed E-state index contributed by atoms with van der Waals surface area (Å²) in [5.74, 6) is 1.79. The van der Waals surface area contributed by atoms with Gasteiger partial charge in [0.25, 0.3) is 0 Å². The molecule has 0 aliphatic heterocycles. The third-order valence-electron chi connectivity index (χ3n) is 3.22. The van der Waals surface area contributed by atoms with Gasteiger partial charge in [-0.25, -0.2) is 0 Å². The fraction of sp³-hybridized carbons (Fsp3) is 0.500. The van der Waals surface area contributed by atoms with Crippen molar-refractivity contribution in [3.63, 3.8) is 0 Å². The largest absolute Gasteiger partial charge is 0.870 e. The van der Waals surface area contributed by atoms with E-state index in [4.69, 9.17) is 7.85 Å². The van der Waals surface area contributed by atoms with E-state index in [1.807, 2.05) is 12.1 Å². The minimum Gasteiger partial charge on any atom is -0.870 e. The van der Waals surface area contributed by atoms with Crippen molar-refractivity contribution in [1.82, 2.24) is 0 Å². The van der Waals surface area contributed by atoms with Crippen LogP contribution in [0.1, 0.15) is 37.7 Å². The van der Waals surface area contributed by atoms with Crippen molar-refractivity contribution < 1.29 is 11.0 Å². The molecular formula is C12H17BO2. The molecule has 0 unspecified atom stereocenters. The molecule has 1 aliphatic rings. The first-order valence-corrected chi connectivity index (χ1v) is 5.15. The Labute approximate surface area is 92.7 Å². The summed E-state index contributed by atoms with van der Waals surface area (Å²) in [4.78, 5) is 0. The van der Waals surface area contributed by atoms with Crippen LogP contribution in [0.5, 0.6) is 0 Å². The summed E-state index contributed by atoms with van der Waals surface area (Å²) >= 11 is 0. The molecule has 0 spiro atoms. The van der Waals surface area contributed by atoms with Gasteiger partial charge in [0.15, 0.2) is 0 Å². The Bertz CT molecular complexity index is 278. The van der Waals surface area contributed by atoms with Crippen molar-refractivity contribution in [2.24, 2.45) is 5.92 Å². The van der Waals surface area contributed by atoms with E-state index in [0.29, 0.717) is 0 Å². The summed E-state index contributed by atoms with van der Waals surface area (Å²) in [6.07, 6.45) is 4.09. The van der Waals surface area contributed by atoms with Crippen molar-refractivity contribution in [1.29, 1.82) is 0 Å². The van der Waals surface area contributed by atoms with E-state index < -0.39 is 0 Å². The zero-order valence-electron chi connectivity index (χ0n) is 9.06. The number of hydrogen-bond acceptors (Lipinski definition) is 2. The maximum absolute atomic E-state index is 5.64. The third kappa shape index (κ3) is 3.08. The minimum atomic E-state index is 0. The molecule has 1 aromatic carbocycles. The van der Waals surface area contributed by atoms with Gasteiger partial charge in [-0.05, 0) is 0 Å². The third-order valence-corrected chi connectivity index (χ3v) is 3.22. The monoisotopic (exact) mass is 204 g/mol. The quantitative estimate of drug-likeness (QED) is 0.692. The predicted molar refractivity (Wildman–Crippen MR) is 61.5 cm³/mol. The standard InChI is InChI=1S/C12H15B.2H2O/c1-2-9-7-11(8-9)10-3-5-12(13)6-4-10;;/h3-6,9,11H,2,7-8H2,1H3;2*1H2/q+2;;/p-2. The second-order valence-corrected chi connectivity index (χ2v) is 4.11. The molecule has 3 heteroatoms. The topological polar surface area (TPSA) is 60.0 Å². The van der Waals surface area contributed by atoms with Gasteiger partial charge in [0, 0.05) is 0 Å². The number of benzene rings is 1. The molecule has 2 N–H and O–H groups in total. The predicted octanol–water partition coefficient (Wildman–Crippen LogP) is 2.03. The molecule has 2 rings (SSSR count). The van der Waals surface area contributed by atoms with Gasteiger partial charge >= 0.3 is 81.2 Å². The summed E-state index contributed by atoms with van der Waals surface area (Å²) in [5, 5.41) is 0. The van der Waals surface area contributed by atoms with Crippen LogP contribution in [-0.4, -0.2) is 18.8 Å². The summed E-state index contributed by atoms with van der Waals surface area (Å²) in [7, 11) is 5.64. The van der Waals surface area contributed by atoms with Crippen LogP contribution in [0, 0.1) is 5.92 Å². The Balaban J connectivity index is 0.000000980. The molecule has 15 heavy (non-hydrogen) atoms. The average molecular weight is 204 g/mol. The molecule has 0 radical (unpaired) electrons. The Hall–Kier alpha value is -0.795. The second-order valence-electron chi connectivity index (χ2n) is 4.11.